The van der Waals surface area contributed by atoms with Crippen molar-refractivity contribution >= 4 is 22.7 Å². The van der Waals surface area contributed by atoms with Crippen LogP contribution in [0.1, 0.15) is 36.1 Å². The maximum absolute atomic E-state index is 13.0. The molecule has 1 aromatic carbocycles. The van der Waals surface area contributed by atoms with Crippen LogP contribution in [-0.4, -0.2) is 16.4 Å². The van der Waals surface area contributed by atoms with E-state index < -0.39 is 17.3 Å². The second kappa shape index (κ2) is 7.30. The van der Waals surface area contributed by atoms with Gasteiger partial charge in [0.1, 0.15) is 5.60 Å². The molecule has 0 aliphatic heterocycles. The van der Waals surface area contributed by atoms with Crippen LogP contribution in [-0.2, 0) is 6.18 Å². The van der Waals surface area contributed by atoms with E-state index in [1.54, 1.807) is 32.9 Å². The van der Waals surface area contributed by atoms with Gasteiger partial charge in [-0.1, -0.05) is 24.0 Å². The molecule has 0 unspecified atom stereocenters. The van der Waals surface area contributed by atoms with E-state index in [4.69, 9.17) is 0 Å². The molecule has 132 valence electrons. The average molecular weight is 366 g/mol. The van der Waals surface area contributed by atoms with Crippen LogP contribution >= 0.6 is 11.3 Å². The Bertz CT molecular complexity index is 836. The van der Waals surface area contributed by atoms with Crippen LogP contribution in [0.25, 0.3) is 0 Å². The highest BCUT2D eigenvalue weighted by Gasteiger charge is 2.33. The number of hydrogen-bond acceptors (Lipinski definition) is 4. The summed E-state index contributed by atoms with van der Waals surface area (Å²) in [6.45, 7) is 4.87. The van der Waals surface area contributed by atoms with Crippen LogP contribution in [0.4, 0.5) is 18.9 Å². The van der Waals surface area contributed by atoms with Gasteiger partial charge in [0.2, 0.25) is 0 Å². The molecule has 0 fully saturated rings. The van der Waals surface area contributed by atoms with Crippen molar-refractivity contribution in [3.8, 4) is 11.8 Å². The fourth-order valence-electron chi connectivity index (χ4n) is 1.84. The van der Waals surface area contributed by atoms with Crippen molar-refractivity contribution in [1.82, 2.24) is 0 Å². The van der Waals surface area contributed by atoms with Gasteiger partial charge >= 0.3 is 6.18 Å². The summed E-state index contributed by atoms with van der Waals surface area (Å²) in [5.74, 6) is 5.56. The van der Waals surface area contributed by atoms with Gasteiger partial charge in [-0.25, -0.2) is 0 Å². The second-order valence-corrected chi connectivity index (χ2v) is 6.91. The van der Waals surface area contributed by atoms with E-state index in [2.05, 4.69) is 22.4 Å². The Morgan fingerprint density at radius 3 is 2.48 bits per heavy atom. The predicted octanol–water partition coefficient (Wildman–Crippen LogP) is 4.73. The first kappa shape index (κ1) is 19.0. The van der Waals surface area contributed by atoms with Crippen molar-refractivity contribution < 1.29 is 18.3 Å². The number of rotatable bonds is 3. The maximum Gasteiger partial charge on any atom is 0.418 e. The standard InChI is InChI=1S/C18H17F3N2OS/c1-12(16-9-8-13(25-16)10-11-17(2,3)24)22-23-15-7-5-4-6-14(15)18(19,20)21/h4-9,23-24H,1-3H3/b22-12-. The first-order chi connectivity index (χ1) is 11.6. The van der Waals surface area contributed by atoms with Crippen LogP contribution in [0, 0.1) is 11.8 Å². The maximum atomic E-state index is 13.0. The van der Waals surface area contributed by atoms with Crippen LogP contribution in [0.3, 0.4) is 0 Å². The number of aliphatic hydroxyl groups is 1. The SMILES string of the molecule is C/C(=N/Nc1ccccc1C(F)(F)F)c1ccc(C#CC(C)(C)O)s1. The zero-order chi connectivity index (χ0) is 18.7. The first-order valence-electron chi connectivity index (χ1n) is 7.38. The van der Waals surface area contributed by atoms with Crippen molar-refractivity contribution in [2.45, 2.75) is 32.5 Å². The number of hydrazone groups is 1. The Kier molecular flexibility index (Phi) is 5.55. The number of para-hydroxylation sites is 1. The molecule has 2 N–H and O–H groups in total. The molecule has 1 heterocycles. The molecule has 7 heteroatoms. The lowest BCUT2D eigenvalue weighted by molar-refractivity contribution is -0.136. The number of thiophene rings is 1. The monoisotopic (exact) mass is 366 g/mol. The Labute approximate surface area is 148 Å². The molecular weight excluding hydrogens is 349 g/mol. The van der Waals surface area contributed by atoms with E-state index in [9.17, 15) is 18.3 Å². The number of benzene rings is 1. The summed E-state index contributed by atoms with van der Waals surface area (Å²) in [6.07, 6.45) is -4.45. The van der Waals surface area contributed by atoms with Gasteiger partial charge in [0.15, 0.2) is 0 Å². The molecule has 0 spiro atoms. The molecule has 0 saturated carbocycles. The Morgan fingerprint density at radius 2 is 1.84 bits per heavy atom. The summed E-state index contributed by atoms with van der Waals surface area (Å²) in [6, 6.07) is 8.74. The lowest BCUT2D eigenvalue weighted by Gasteiger charge is -2.12. The highest BCUT2D eigenvalue weighted by molar-refractivity contribution is 7.14. The minimum Gasteiger partial charge on any atom is -0.378 e. The van der Waals surface area contributed by atoms with Gasteiger partial charge in [-0.05, 0) is 45.0 Å². The van der Waals surface area contributed by atoms with Crippen molar-refractivity contribution in [2.75, 3.05) is 5.43 Å². The Morgan fingerprint density at radius 1 is 1.16 bits per heavy atom. The van der Waals surface area contributed by atoms with Crippen LogP contribution in [0.2, 0.25) is 0 Å². The fourth-order valence-corrected chi connectivity index (χ4v) is 2.65. The Balaban J connectivity index is 2.18. The van der Waals surface area contributed by atoms with Crippen LogP contribution in [0.5, 0.6) is 0 Å². The van der Waals surface area contributed by atoms with E-state index >= 15 is 0 Å². The first-order valence-corrected chi connectivity index (χ1v) is 8.20. The minimum atomic E-state index is -4.45. The molecule has 0 aliphatic carbocycles. The molecule has 1 aromatic heterocycles. The van der Waals surface area contributed by atoms with E-state index in [0.29, 0.717) is 5.71 Å². The second-order valence-electron chi connectivity index (χ2n) is 5.83. The Hall–Kier alpha value is -2.30. The van der Waals surface area contributed by atoms with Crippen molar-refractivity contribution in [1.29, 1.82) is 0 Å². The summed E-state index contributed by atoms with van der Waals surface area (Å²) in [5.41, 5.74) is 1.06. The number of anilines is 1. The van der Waals surface area contributed by atoms with E-state index in [1.165, 1.54) is 29.5 Å². The third kappa shape index (κ3) is 5.62. The normalized spacial score (nSPS) is 12.5. The summed E-state index contributed by atoms with van der Waals surface area (Å²) in [4.78, 5) is 1.51. The molecular formula is C18H17F3N2OS. The van der Waals surface area contributed by atoms with Gasteiger partial charge in [-0.15, -0.1) is 11.3 Å². The molecule has 3 nitrogen and oxygen atoms in total. The smallest absolute Gasteiger partial charge is 0.378 e. The minimum absolute atomic E-state index is 0.104. The number of nitrogens with zero attached hydrogens (tertiary/aromatic N) is 1. The highest BCUT2D eigenvalue weighted by atomic mass is 32.1. The number of hydrogen-bond donors (Lipinski definition) is 2. The van der Waals surface area contributed by atoms with Gasteiger partial charge in [0.25, 0.3) is 0 Å². The molecule has 2 rings (SSSR count). The number of alkyl halides is 3. The molecule has 0 amide bonds. The average Bonchev–Trinajstić information content (AvgIpc) is 2.98. The van der Waals surface area contributed by atoms with E-state index in [-0.39, 0.29) is 5.69 Å². The van der Waals surface area contributed by atoms with E-state index in [1.807, 2.05) is 0 Å². The summed E-state index contributed by atoms with van der Waals surface area (Å²) in [7, 11) is 0. The van der Waals surface area contributed by atoms with Gasteiger partial charge in [-0.3, -0.25) is 5.43 Å². The molecule has 0 radical (unpaired) electrons. The van der Waals surface area contributed by atoms with Crippen LogP contribution < -0.4 is 5.43 Å². The molecule has 25 heavy (non-hydrogen) atoms. The quantitative estimate of drug-likeness (QED) is 0.469. The third-order valence-electron chi connectivity index (χ3n) is 3.03. The molecule has 0 bridgehead atoms. The zero-order valence-corrected chi connectivity index (χ0v) is 14.7. The lowest BCUT2D eigenvalue weighted by atomic mass is 10.1. The molecule has 2 aromatic rings. The van der Waals surface area contributed by atoms with Gasteiger partial charge in [0, 0.05) is 0 Å². The van der Waals surface area contributed by atoms with Crippen molar-refractivity contribution in [2.24, 2.45) is 5.10 Å². The molecule has 0 atom stereocenters. The summed E-state index contributed by atoms with van der Waals surface area (Å²) >= 11 is 1.35. The van der Waals surface area contributed by atoms with Gasteiger partial charge in [0.05, 0.1) is 26.7 Å². The van der Waals surface area contributed by atoms with Crippen molar-refractivity contribution in [3.05, 3.63) is 51.7 Å². The third-order valence-corrected chi connectivity index (χ3v) is 4.14. The summed E-state index contributed by atoms with van der Waals surface area (Å²) in [5, 5.41) is 13.6. The van der Waals surface area contributed by atoms with Gasteiger partial charge < -0.3 is 5.11 Å². The fraction of sp³-hybridized carbons (Fsp3) is 0.278. The molecule has 0 saturated heterocycles. The largest absolute Gasteiger partial charge is 0.418 e. The van der Waals surface area contributed by atoms with Crippen LogP contribution in [0.15, 0.2) is 41.5 Å². The highest BCUT2D eigenvalue weighted by Crippen LogP contribution is 2.34. The lowest BCUT2D eigenvalue weighted by Crippen LogP contribution is -2.14. The predicted molar refractivity (Wildman–Crippen MR) is 94.8 cm³/mol. The van der Waals surface area contributed by atoms with Gasteiger partial charge in [-0.2, -0.15) is 18.3 Å². The van der Waals surface area contributed by atoms with E-state index in [0.717, 1.165) is 15.8 Å². The summed E-state index contributed by atoms with van der Waals surface area (Å²) < 4.78 is 38.9. The topological polar surface area (TPSA) is 44.6 Å². The zero-order valence-electron chi connectivity index (χ0n) is 13.9. The molecule has 0 aliphatic rings. The number of halogens is 3. The number of nitrogens with one attached hydrogen (secondary N) is 1. The van der Waals surface area contributed by atoms with Crippen molar-refractivity contribution in [3.63, 3.8) is 0 Å².